The minimum Gasteiger partial charge on any atom is -0.334 e. The van der Waals surface area contributed by atoms with Gasteiger partial charge in [-0.2, -0.15) is 11.8 Å². The summed E-state index contributed by atoms with van der Waals surface area (Å²) in [5.74, 6) is 9.78. The summed E-state index contributed by atoms with van der Waals surface area (Å²) in [5.41, 5.74) is 2.92. The summed E-state index contributed by atoms with van der Waals surface area (Å²) in [6.07, 6.45) is 5.10. The molecule has 0 bridgehead atoms. The van der Waals surface area contributed by atoms with Crippen LogP contribution in [0.4, 0.5) is 0 Å². The van der Waals surface area contributed by atoms with Crippen molar-refractivity contribution in [3.05, 3.63) is 18.2 Å². The maximum Gasteiger partial charge on any atom is 0.127 e. The Morgan fingerprint density at radius 1 is 1.80 bits per heavy atom. The van der Waals surface area contributed by atoms with Gasteiger partial charge in [0, 0.05) is 18.9 Å². The first-order chi connectivity index (χ1) is 7.36. The van der Waals surface area contributed by atoms with Gasteiger partial charge in [0.2, 0.25) is 0 Å². The number of nitrogens with zero attached hydrogens (tertiary/aromatic N) is 2. The van der Waals surface area contributed by atoms with E-state index >= 15 is 0 Å². The lowest BCUT2D eigenvalue weighted by atomic mass is 9.99. The summed E-state index contributed by atoms with van der Waals surface area (Å²) < 4.78 is 2.16. The first kappa shape index (κ1) is 11.0. The van der Waals surface area contributed by atoms with Gasteiger partial charge in [0.25, 0.3) is 0 Å². The first-order valence-electron chi connectivity index (χ1n) is 5.41. The first-order valence-corrected chi connectivity index (χ1v) is 6.57. The topological polar surface area (TPSA) is 55.9 Å². The highest BCUT2D eigenvalue weighted by molar-refractivity contribution is 7.99. The van der Waals surface area contributed by atoms with Crippen LogP contribution in [0.5, 0.6) is 0 Å². The zero-order chi connectivity index (χ0) is 10.7. The third-order valence-electron chi connectivity index (χ3n) is 2.98. The predicted octanol–water partition coefficient (Wildman–Crippen LogP) is 1.16. The number of rotatable bonds is 4. The minimum absolute atomic E-state index is 0.204. The standard InChI is InChI=1S/C10H18N4S/c1-2-14-5-4-12-10(14)9(13-11)8-3-6-15-7-8/h4-5,8-9,13H,2-3,6-7,11H2,1H3. The number of aryl methyl sites for hydroxylation is 1. The highest BCUT2D eigenvalue weighted by Gasteiger charge is 2.28. The minimum atomic E-state index is 0.204. The highest BCUT2D eigenvalue weighted by atomic mass is 32.2. The van der Waals surface area contributed by atoms with Crippen molar-refractivity contribution in [2.45, 2.75) is 25.9 Å². The van der Waals surface area contributed by atoms with Crippen LogP contribution >= 0.6 is 11.8 Å². The van der Waals surface area contributed by atoms with Crippen molar-refractivity contribution in [2.75, 3.05) is 11.5 Å². The molecule has 1 fully saturated rings. The Morgan fingerprint density at radius 3 is 3.27 bits per heavy atom. The molecule has 2 atom stereocenters. The fourth-order valence-corrected chi connectivity index (χ4v) is 3.40. The molecule has 0 saturated carbocycles. The van der Waals surface area contributed by atoms with E-state index in [9.17, 15) is 0 Å². The highest BCUT2D eigenvalue weighted by Crippen LogP contribution is 2.32. The van der Waals surface area contributed by atoms with Gasteiger partial charge in [0.15, 0.2) is 0 Å². The fourth-order valence-electron chi connectivity index (χ4n) is 2.10. The van der Waals surface area contributed by atoms with Crippen LogP contribution in [0.2, 0.25) is 0 Å². The van der Waals surface area contributed by atoms with Crippen molar-refractivity contribution in [3.63, 3.8) is 0 Å². The van der Waals surface area contributed by atoms with E-state index in [4.69, 9.17) is 5.84 Å². The van der Waals surface area contributed by atoms with Crippen molar-refractivity contribution in [2.24, 2.45) is 11.8 Å². The lowest BCUT2D eigenvalue weighted by molar-refractivity contribution is 0.372. The van der Waals surface area contributed by atoms with Gasteiger partial charge in [0.1, 0.15) is 5.82 Å². The largest absolute Gasteiger partial charge is 0.334 e. The summed E-state index contributed by atoms with van der Waals surface area (Å²) in [7, 11) is 0. The molecular formula is C10H18N4S. The van der Waals surface area contributed by atoms with E-state index in [2.05, 4.69) is 21.9 Å². The Hall–Kier alpha value is -0.520. The number of aromatic nitrogens is 2. The van der Waals surface area contributed by atoms with E-state index in [0.29, 0.717) is 5.92 Å². The van der Waals surface area contributed by atoms with Gasteiger partial charge < -0.3 is 4.57 Å². The molecule has 1 saturated heterocycles. The average molecular weight is 226 g/mol. The molecule has 1 aliphatic rings. The van der Waals surface area contributed by atoms with Gasteiger partial charge in [-0.05, 0) is 30.8 Å². The smallest absolute Gasteiger partial charge is 0.127 e. The molecule has 15 heavy (non-hydrogen) atoms. The molecule has 4 nitrogen and oxygen atoms in total. The van der Waals surface area contributed by atoms with Crippen molar-refractivity contribution in [1.82, 2.24) is 15.0 Å². The van der Waals surface area contributed by atoms with Crippen LogP contribution in [0.15, 0.2) is 12.4 Å². The van der Waals surface area contributed by atoms with Crippen LogP contribution in [0, 0.1) is 5.92 Å². The molecule has 2 heterocycles. The number of nitrogens with two attached hydrogens (primary N) is 1. The summed E-state index contributed by atoms with van der Waals surface area (Å²) in [6, 6.07) is 0.204. The molecule has 0 aromatic carbocycles. The molecular weight excluding hydrogens is 208 g/mol. The molecule has 0 amide bonds. The molecule has 0 spiro atoms. The van der Waals surface area contributed by atoms with Gasteiger partial charge in [-0.1, -0.05) is 0 Å². The van der Waals surface area contributed by atoms with Gasteiger partial charge in [-0.15, -0.1) is 0 Å². The summed E-state index contributed by atoms with van der Waals surface area (Å²) in [4.78, 5) is 4.41. The molecule has 2 unspecified atom stereocenters. The Kier molecular flexibility index (Phi) is 3.66. The molecule has 0 radical (unpaired) electrons. The van der Waals surface area contributed by atoms with E-state index in [1.165, 1.54) is 17.9 Å². The average Bonchev–Trinajstić information content (AvgIpc) is 2.89. The van der Waals surface area contributed by atoms with E-state index in [1.54, 1.807) is 0 Å². The van der Waals surface area contributed by atoms with Crippen molar-refractivity contribution < 1.29 is 0 Å². The number of nitrogens with one attached hydrogen (secondary N) is 1. The van der Waals surface area contributed by atoms with E-state index < -0.39 is 0 Å². The summed E-state index contributed by atoms with van der Waals surface area (Å²) in [5, 5.41) is 0. The van der Waals surface area contributed by atoms with Gasteiger partial charge in [0.05, 0.1) is 6.04 Å². The third kappa shape index (κ3) is 2.19. The summed E-state index contributed by atoms with van der Waals surface area (Å²) >= 11 is 2.00. The number of imidazole rings is 1. The Morgan fingerprint density at radius 2 is 2.67 bits per heavy atom. The second kappa shape index (κ2) is 5.01. The van der Waals surface area contributed by atoms with Crippen molar-refractivity contribution >= 4 is 11.8 Å². The molecule has 84 valence electrons. The number of hydrogen-bond donors (Lipinski definition) is 2. The maximum absolute atomic E-state index is 5.65. The molecule has 1 aromatic rings. The number of hydrogen-bond acceptors (Lipinski definition) is 4. The Bertz CT molecular complexity index is 306. The van der Waals surface area contributed by atoms with Gasteiger partial charge in [-0.3, -0.25) is 5.84 Å². The molecule has 2 rings (SSSR count). The zero-order valence-corrected chi connectivity index (χ0v) is 9.83. The molecule has 1 aromatic heterocycles. The SMILES string of the molecule is CCn1ccnc1C(NN)C1CCSC1. The van der Waals surface area contributed by atoms with Crippen LogP contribution in [-0.2, 0) is 6.54 Å². The maximum atomic E-state index is 5.65. The van der Waals surface area contributed by atoms with Crippen LogP contribution in [0.25, 0.3) is 0 Å². The third-order valence-corrected chi connectivity index (χ3v) is 4.17. The van der Waals surface area contributed by atoms with Crippen LogP contribution in [0.3, 0.4) is 0 Å². The second-order valence-corrected chi connectivity index (χ2v) is 4.99. The van der Waals surface area contributed by atoms with Gasteiger partial charge >= 0.3 is 0 Å². The van der Waals surface area contributed by atoms with E-state index in [1.807, 2.05) is 24.2 Å². The van der Waals surface area contributed by atoms with Crippen molar-refractivity contribution in [3.8, 4) is 0 Å². The predicted molar refractivity (Wildman–Crippen MR) is 63.4 cm³/mol. The van der Waals surface area contributed by atoms with Gasteiger partial charge in [-0.25, -0.2) is 10.4 Å². The van der Waals surface area contributed by atoms with Crippen molar-refractivity contribution in [1.29, 1.82) is 0 Å². The molecule has 0 aliphatic carbocycles. The molecule has 5 heteroatoms. The lowest BCUT2D eigenvalue weighted by Gasteiger charge is -2.22. The van der Waals surface area contributed by atoms with Crippen LogP contribution in [0.1, 0.15) is 25.2 Å². The summed E-state index contributed by atoms with van der Waals surface area (Å²) in [6.45, 7) is 3.08. The second-order valence-electron chi connectivity index (χ2n) is 3.84. The van der Waals surface area contributed by atoms with E-state index in [0.717, 1.165) is 12.4 Å². The molecule has 3 N–H and O–H groups in total. The number of hydrazine groups is 1. The molecule has 1 aliphatic heterocycles. The fraction of sp³-hybridized carbons (Fsp3) is 0.700. The van der Waals surface area contributed by atoms with Crippen LogP contribution in [-0.4, -0.2) is 21.1 Å². The Balaban J connectivity index is 2.17. The van der Waals surface area contributed by atoms with E-state index in [-0.39, 0.29) is 6.04 Å². The quantitative estimate of drug-likeness (QED) is 0.597. The number of thioether (sulfide) groups is 1. The Labute approximate surface area is 94.6 Å². The lowest BCUT2D eigenvalue weighted by Crippen LogP contribution is -2.35. The zero-order valence-electron chi connectivity index (χ0n) is 9.02. The normalized spacial score (nSPS) is 23.2. The van der Waals surface area contributed by atoms with Crippen LogP contribution < -0.4 is 11.3 Å². The monoisotopic (exact) mass is 226 g/mol.